The number of benzene rings is 3. The first kappa shape index (κ1) is 23.1. The number of carbonyl (C=O) groups excluding carboxylic acids is 2. The van der Waals surface area contributed by atoms with Gasteiger partial charge < -0.3 is 30.7 Å². The molecule has 3 aromatic rings. The van der Waals surface area contributed by atoms with E-state index in [0.717, 1.165) is 0 Å². The highest BCUT2D eigenvalue weighted by Crippen LogP contribution is 2.36. The van der Waals surface area contributed by atoms with Crippen molar-refractivity contribution in [3.8, 4) is 23.0 Å². The van der Waals surface area contributed by atoms with Crippen molar-refractivity contribution in [2.24, 2.45) is 5.73 Å². The first-order valence-corrected chi connectivity index (χ1v) is 10.0. The second kappa shape index (κ2) is 10.2. The summed E-state index contributed by atoms with van der Waals surface area (Å²) < 4.78 is 12.0. The Kier molecular flexibility index (Phi) is 7.14. The first-order chi connectivity index (χ1) is 15.8. The summed E-state index contributed by atoms with van der Waals surface area (Å²) in [7, 11) is 4.84. The van der Waals surface area contributed by atoms with Gasteiger partial charge in [0.1, 0.15) is 23.1 Å². The molecule has 0 saturated carbocycles. The van der Waals surface area contributed by atoms with E-state index in [1.165, 1.54) is 11.9 Å². The number of nitrogens with two attached hydrogens (primary N) is 1. The Balaban J connectivity index is 1.96. The molecule has 0 spiro atoms. The molecule has 0 unspecified atom stereocenters. The Labute approximate surface area is 191 Å². The number of nitrogens with one attached hydrogen (secondary N) is 3. The number of carbonyl (C=O) groups is 2. The summed E-state index contributed by atoms with van der Waals surface area (Å²) in [6.07, 6.45) is 0. The van der Waals surface area contributed by atoms with Gasteiger partial charge in [0.25, 0.3) is 5.91 Å². The zero-order valence-corrected chi connectivity index (χ0v) is 18.5. The van der Waals surface area contributed by atoms with Gasteiger partial charge in [-0.05, 0) is 42.5 Å². The van der Waals surface area contributed by atoms with Gasteiger partial charge in [-0.25, -0.2) is 4.79 Å². The van der Waals surface area contributed by atoms with E-state index in [1.54, 1.807) is 80.8 Å². The van der Waals surface area contributed by atoms with Crippen molar-refractivity contribution < 1.29 is 19.1 Å². The monoisotopic (exact) mass is 447 g/mol. The van der Waals surface area contributed by atoms with E-state index >= 15 is 0 Å². The fourth-order valence-corrected chi connectivity index (χ4v) is 2.92. The minimum atomic E-state index is -0.424. The summed E-state index contributed by atoms with van der Waals surface area (Å²) in [6.45, 7) is 0. The third kappa shape index (κ3) is 5.79. The van der Waals surface area contributed by atoms with Crippen molar-refractivity contribution in [1.29, 1.82) is 5.41 Å². The normalized spacial score (nSPS) is 10.2. The number of nitrogens with zero attached hydrogens (tertiary/aromatic N) is 1. The fourth-order valence-electron chi connectivity index (χ4n) is 2.92. The molecular formula is C24H25N5O4. The van der Waals surface area contributed by atoms with Gasteiger partial charge in [-0.15, -0.1) is 0 Å². The van der Waals surface area contributed by atoms with E-state index in [2.05, 4.69) is 10.6 Å². The minimum Gasteiger partial charge on any atom is -0.456 e. The van der Waals surface area contributed by atoms with E-state index in [-0.39, 0.29) is 11.7 Å². The van der Waals surface area contributed by atoms with Crippen LogP contribution in [0.1, 0.15) is 15.9 Å². The average molecular weight is 447 g/mol. The number of nitrogen functional groups attached to an aromatic ring is 1. The predicted molar refractivity (Wildman–Crippen MR) is 127 cm³/mol. The second-order valence-corrected chi connectivity index (χ2v) is 7.20. The zero-order valence-electron chi connectivity index (χ0n) is 18.5. The number of hydrogen-bond donors (Lipinski definition) is 4. The van der Waals surface area contributed by atoms with E-state index in [4.69, 9.17) is 20.6 Å². The molecule has 0 fully saturated rings. The van der Waals surface area contributed by atoms with Crippen LogP contribution in [0.25, 0.3) is 0 Å². The lowest BCUT2D eigenvalue weighted by Crippen LogP contribution is -2.24. The molecule has 0 heterocycles. The van der Waals surface area contributed by atoms with Crippen molar-refractivity contribution in [1.82, 2.24) is 10.2 Å². The van der Waals surface area contributed by atoms with Crippen LogP contribution in [0.2, 0.25) is 0 Å². The largest absolute Gasteiger partial charge is 0.456 e. The molecule has 170 valence electrons. The van der Waals surface area contributed by atoms with Gasteiger partial charge in [-0.1, -0.05) is 18.2 Å². The van der Waals surface area contributed by atoms with Crippen LogP contribution in [0.4, 0.5) is 10.5 Å². The summed E-state index contributed by atoms with van der Waals surface area (Å²) >= 11 is 0. The van der Waals surface area contributed by atoms with Gasteiger partial charge in [-0.3, -0.25) is 10.2 Å². The molecule has 9 heteroatoms. The molecule has 0 aliphatic rings. The molecule has 9 nitrogen and oxygen atoms in total. The average Bonchev–Trinajstić information content (AvgIpc) is 2.80. The number of hydrogen-bond acceptors (Lipinski definition) is 5. The molecule has 0 aliphatic heterocycles. The van der Waals surface area contributed by atoms with Crippen molar-refractivity contribution in [2.75, 3.05) is 26.5 Å². The highest BCUT2D eigenvalue weighted by Gasteiger charge is 2.14. The van der Waals surface area contributed by atoms with Crippen LogP contribution in [-0.2, 0) is 0 Å². The van der Waals surface area contributed by atoms with Gasteiger partial charge in [0.15, 0.2) is 5.75 Å². The number of para-hydroxylation sites is 1. The molecule has 0 saturated heterocycles. The lowest BCUT2D eigenvalue weighted by molar-refractivity contribution is 0.0827. The van der Waals surface area contributed by atoms with Crippen molar-refractivity contribution in [3.63, 3.8) is 0 Å². The first-order valence-electron chi connectivity index (χ1n) is 10.0. The van der Waals surface area contributed by atoms with Crippen LogP contribution in [0.5, 0.6) is 23.0 Å². The smallest absolute Gasteiger partial charge is 0.319 e. The molecule has 0 radical (unpaired) electrons. The molecule has 0 aliphatic carbocycles. The Morgan fingerprint density at radius 2 is 1.61 bits per heavy atom. The number of urea groups is 1. The second-order valence-electron chi connectivity index (χ2n) is 7.20. The Morgan fingerprint density at radius 1 is 0.909 bits per heavy atom. The molecule has 3 aromatic carbocycles. The third-order valence-corrected chi connectivity index (χ3v) is 4.55. The van der Waals surface area contributed by atoms with Crippen LogP contribution in [0.3, 0.4) is 0 Å². The Morgan fingerprint density at radius 3 is 2.30 bits per heavy atom. The van der Waals surface area contributed by atoms with Crippen molar-refractivity contribution in [3.05, 3.63) is 77.9 Å². The van der Waals surface area contributed by atoms with E-state index in [1.807, 2.05) is 0 Å². The maximum absolute atomic E-state index is 12.3. The van der Waals surface area contributed by atoms with E-state index in [0.29, 0.717) is 39.8 Å². The van der Waals surface area contributed by atoms with E-state index in [9.17, 15) is 9.59 Å². The number of amides is 3. The molecule has 3 rings (SSSR count). The van der Waals surface area contributed by atoms with Gasteiger partial charge in [-0.2, -0.15) is 0 Å². The van der Waals surface area contributed by atoms with Crippen LogP contribution in [0, 0.1) is 5.41 Å². The Hall–Kier alpha value is -4.53. The van der Waals surface area contributed by atoms with Gasteiger partial charge in [0.05, 0.1) is 11.3 Å². The lowest BCUT2D eigenvalue weighted by atomic mass is 10.2. The van der Waals surface area contributed by atoms with Crippen LogP contribution >= 0.6 is 0 Å². The van der Waals surface area contributed by atoms with Crippen LogP contribution in [-0.4, -0.2) is 43.8 Å². The highest BCUT2D eigenvalue weighted by atomic mass is 16.5. The van der Waals surface area contributed by atoms with Crippen molar-refractivity contribution in [2.45, 2.75) is 0 Å². The summed E-state index contributed by atoms with van der Waals surface area (Å²) in [5.41, 5.74) is 6.95. The standard InChI is InChI=1S/C24H25N5O4/c1-27-24(31)28-19-12-11-17(32-20-10-5-4-9-18(20)22(25)26)14-21(19)33-16-8-6-7-15(13-16)23(30)29(2)3/h4-14H,1-3H3,(H3,25,26)(H2,27,28,31). The summed E-state index contributed by atoms with van der Waals surface area (Å²) in [5, 5.41) is 12.9. The minimum absolute atomic E-state index is 0.123. The lowest BCUT2D eigenvalue weighted by Gasteiger charge is -2.16. The summed E-state index contributed by atoms with van der Waals surface area (Å²) in [5.74, 6) is 1.22. The summed E-state index contributed by atoms with van der Waals surface area (Å²) in [4.78, 5) is 25.7. The number of anilines is 1. The van der Waals surface area contributed by atoms with Gasteiger partial charge >= 0.3 is 6.03 Å². The third-order valence-electron chi connectivity index (χ3n) is 4.55. The molecule has 0 atom stereocenters. The van der Waals surface area contributed by atoms with Crippen LogP contribution in [0.15, 0.2) is 66.7 Å². The van der Waals surface area contributed by atoms with Gasteiger partial charge in [0.2, 0.25) is 0 Å². The fraction of sp³-hybridized carbons (Fsp3) is 0.125. The molecule has 3 amide bonds. The molecule has 5 N–H and O–H groups in total. The highest BCUT2D eigenvalue weighted by molar-refractivity contribution is 5.97. The Bertz CT molecular complexity index is 1190. The topological polar surface area (TPSA) is 130 Å². The predicted octanol–water partition coefficient (Wildman–Crippen LogP) is 4.01. The van der Waals surface area contributed by atoms with Gasteiger partial charge in [0, 0.05) is 32.8 Å². The molecule has 33 heavy (non-hydrogen) atoms. The maximum atomic E-state index is 12.3. The summed E-state index contributed by atoms with van der Waals surface area (Å²) in [6, 6.07) is 18.1. The van der Waals surface area contributed by atoms with Crippen molar-refractivity contribution >= 4 is 23.5 Å². The number of amidine groups is 1. The number of ether oxygens (including phenoxy) is 2. The van der Waals surface area contributed by atoms with Crippen LogP contribution < -0.4 is 25.8 Å². The number of rotatable bonds is 7. The molecule has 0 aromatic heterocycles. The molecule has 0 bridgehead atoms. The quantitative estimate of drug-likeness (QED) is 0.321. The SMILES string of the molecule is CNC(=O)Nc1ccc(Oc2ccccc2C(=N)N)cc1Oc1cccc(C(=O)N(C)C)c1. The maximum Gasteiger partial charge on any atom is 0.319 e. The molecular weight excluding hydrogens is 422 g/mol. The zero-order chi connectivity index (χ0) is 24.0. The van der Waals surface area contributed by atoms with E-state index < -0.39 is 6.03 Å².